The molecule has 0 aliphatic heterocycles. The van der Waals surface area contributed by atoms with Crippen molar-refractivity contribution in [1.29, 1.82) is 0 Å². The van der Waals surface area contributed by atoms with Gasteiger partial charge in [-0.2, -0.15) is 0 Å². The summed E-state index contributed by atoms with van der Waals surface area (Å²) in [7, 11) is 0. The zero-order valence-electron chi connectivity index (χ0n) is 13.2. The summed E-state index contributed by atoms with van der Waals surface area (Å²) < 4.78 is 0. The number of halogens is 1. The quantitative estimate of drug-likeness (QED) is 0.276. The maximum absolute atomic E-state index is 10.6. The monoisotopic (exact) mass is 300 g/mol. The van der Waals surface area contributed by atoms with E-state index >= 15 is 0 Å². The molecule has 1 aliphatic carbocycles. The topological polar surface area (TPSA) is 17.1 Å². The van der Waals surface area contributed by atoms with Crippen molar-refractivity contribution in [2.75, 3.05) is 0 Å². The Morgan fingerprint density at radius 3 is 1.70 bits per heavy atom. The van der Waals surface area contributed by atoms with E-state index in [4.69, 9.17) is 11.6 Å². The lowest BCUT2D eigenvalue weighted by Crippen LogP contribution is -1.92. The van der Waals surface area contributed by atoms with Crippen molar-refractivity contribution >= 4 is 16.8 Å². The average Bonchev–Trinajstić information content (AvgIpc) is 2.93. The molecule has 2 heteroatoms. The summed E-state index contributed by atoms with van der Waals surface area (Å²) in [5, 5.41) is -0.178. The van der Waals surface area contributed by atoms with Crippen molar-refractivity contribution in [2.45, 2.75) is 103 Å². The van der Waals surface area contributed by atoms with E-state index in [0.29, 0.717) is 6.42 Å². The van der Waals surface area contributed by atoms with Crippen molar-refractivity contribution in [1.82, 2.24) is 0 Å². The summed E-state index contributed by atoms with van der Waals surface area (Å²) in [5.41, 5.74) is 0. The van der Waals surface area contributed by atoms with Crippen LogP contribution in [0, 0.1) is 5.92 Å². The molecule has 0 heterocycles. The Hall–Kier alpha value is -0.0400. The highest BCUT2D eigenvalue weighted by atomic mass is 35.5. The Kier molecular flexibility index (Phi) is 11.4. The molecule has 0 saturated heterocycles. The highest BCUT2D eigenvalue weighted by molar-refractivity contribution is 6.63. The molecule has 1 rings (SSSR count). The second-order valence-corrected chi connectivity index (χ2v) is 7.00. The standard InChI is InChI=1S/C18H33ClO/c19-18(20)16-10-8-6-4-2-1-3-5-7-9-13-17-14-11-12-15-17/h17H,1-16H2. The zero-order valence-corrected chi connectivity index (χ0v) is 13.9. The lowest BCUT2D eigenvalue weighted by atomic mass is 9.99. The van der Waals surface area contributed by atoms with E-state index in [9.17, 15) is 4.79 Å². The van der Waals surface area contributed by atoms with Gasteiger partial charge in [-0.15, -0.1) is 0 Å². The summed E-state index contributed by atoms with van der Waals surface area (Å²) in [5.74, 6) is 1.08. The summed E-state index contributed by atoms with van der Waals surface area (Å²) in [6.07, 6.45) is 21.4. The van der Waals surface area contributed by atoms with Gasteiger partial charge in [0.1, 0.15) is 0 Å². The molecule has 0 unspecified atom stereocenters. The Morgan fingerprint density at radius 1 is 0.750 bits per heavy atom. The molecule has 1 fully saturated rings. The van der Waals surface area contributed by atoms with E-state index in [1.165, 1.54) is 89.9 Å². The molecule has 0 atom stereocenters. The normalized spacial score (nSPS) is 15.8. The minimum atomic E-state index is -0.178. The highest BCUT2D eigenvalue weighted by Gasteiger charge is 2.13. The van der Waals surface area contributed by atoms with Gasteiger partial charge in [-0.05, 0) is 23.9 Å². The molecule has 20 heavy (non-hydrogen) atoms. The van der Waals surface area contributed by atoms with Crippen LogP contribution in [0.2, 0.25) is 0 Å². The van der Waals surface area contributed by atoms with E-state index in [0.717, 1.165) is 12.3 Å². The molecule has 1 aliphatic rings. The first-order valence-corrected chi connectivity index (χ1v) is 9.35. The molecule has 0 aromatic carbocycles. The van der Waals surface area contributed by atoms with Gasteiger partial charge in [0, 0.05) is 6.42 Å². The Morgan fingerprint density at radius 2 is 1.20 bits per heavy atom. The molecule has 0 spiro atoms. The molecule has 1 nitrogen and oxygen atoms in total. The summed E-state index contributed by atoms with van der Waals surface area (Å²) in [6, 6.07) is 0. The number of rotatable bonds is 13. The molecule has 0 aromatic rings. The van der Waals surface area contributed by atoms with Crippen molar-refractivity contribution in [3.05, 3.63) is 0 Å². The predicted molar refractivity (Wildman–Crippen MR) is 88.2 cm³/mol. The van der Waals surface area contributed by atoms with Crippen molar-refractivity contribution in [2.24, 2.45) is 5.92 Å². The average molecular weight is 301 g/mol. The fraction of sp³-hybridized carbons (Fsp3) is 0.944. The van der Waals surface area contributed by atoms with Crippen LogP contribution < -0.4 is 0 Å². The maximum Gasteiger partial charge on any atom is 0.221 e. The molecule has 0 amide bonds. The Bertz CT molecular complexity index is 234. The fourth-order valence-corrected chi connectivity index (χ4v) is 3.54. The van der Waals surface area contributed by atoms with Gasteiger partial charge in [0.2, 0.25) is 5.24 Å². The molecule has 0 aromatic heterocycles. The van der Waals surface area contributed by atoms with Crippen LogP contribution in [-0.4, -0.2) is 5.24 Å². The molecule has 0 radical (unpaired) electrons. The summed E-state index contributed by atoms with van der Waals surface area (Å²) in [4.78, 5) is 10.6. The van der Waals surface area contributed by atoms with Gasteiger partial charge >= 0.3 is 0 Å². The van der Waals surface area contributed by atoms with Crippen LogP contribution in [0.5, 0.6) is 0 Å². The minimum Gasteiger partial charge on any atom is -0.281 e. The second-order valence-electron chi connectivity index (χ2n) is 6.58. The van der Waals surface area contributed by atoms with Gasteiger partial charge in [-0.25, -0.2) is 0 Å². The smallest absolute Gasteiger partial charge is 0.221 e. The fourth-order valence-electron chi connectivity index (χ4n) is 3.41. The molecule has 0 bridgehead atoms. The first-order valence-electron chi connectivity index (χ1n) is 8.97. The van der Waals surface area contributed by atoms with Gasteiger partial charge < -0.3 is 0 Å². The van der Waals surface area contributed by atoms with Crippen LogP contribution in [-0.2, 0) is 4.79 Å². The molecule has 0 N–H and O–H groups in total. The molecule has 118 valence electrons. The van der Waals surface area contributed by atoms with Crippen LogP contribution in [0.15, 0.2) is 0 Å². The molecular formula is C18H33ClO. The van der Waals surface area contributed by atoms with E-state index in [1.807, 2.05) is 0 Å². The second kappa shape index (κ2) is 12.7. The number of unbranched alkanes of at least 4 members (excludes halogenated alkanes) is 9. The third-order valence-electron chi connectivity index (χ3n) is 4.71. The molecule has 1 saturated carbocycles. The first-order chi connectivity index (χ1) is 9.79. The number of carbonyl (C=O) groups is 1. The van der Waals surface area contributed by atoms with Crippen LogP contribution in [0.3, 0.4) is 0 Å². The van der Waals surface area contributed by atoms with Crippen molar-refractivity contribution in [3.63, 3.8) is 0 Å². The SMILES string of the molecule is O=C(Cl)CCCCCCCCCCCCC1CCCC1. The number of hydrogen-bond acceptors (Lipinski definition) is 1. The molecular weight excluding hydrogens is 268 g/mol. The lowest BCUT2D eigenvalue weighted by molar-refractivity contribution is -0.111. The van der Waals surface area contributed by atoms with Gasteiger partial charge in [-0.3, -0.25) is 4.79 Å². The van der Waals surface area contributed by atoms with Crippen LogP contribution in [0.25, 0.3) is 0 Å². The van der Waals surface area contributed by atoms with Gasteiger partial charge in [0.25, 0.3) is 0 Å². The lowest BCUT2D eigenvalue weighted by Gasteiger charge is -2.07. The first kappa shape index (κ1) is 18.0. The third kappa shape index (κ3) is 10.7. The third-order valence-corrected chi connectivity index (χ3v) is 4.90. The van der Waals surface area contributed by atoms with Crippen molar-refractivity contribution in [3.8, 4) is 0 Å². The van der Waals surface area contributed by atoms with Crippen LogP contribution in [0.4, 0.5) is 0 Å². The van der Waals surface area contributed by atoms with E-state index < -0.39 is 0 Å². The van der Waals surface area contributed by atoms with E-state index in [1.54, 1.807) is 0 Å². The minimum absolute atomic E-state index is 0.178. The van der Waals surface area contributed by atoms with Gasteiger partial charge in [0.15, 0.2) is 0 Å². The van der Waals surface area contributed by atoms with Gasteiger partial charge in [0.05, 0.1) is 0 Å². The number of hydrogen-bond donors (Lipinski definition) is 0. The van der Waals surface area contributed by atoms with Crippen LogP contribution >= 0.6 is 11.6 Å². The zero-order chi connectivity index (χ0) is 14.5. The largest absolute Gasteiger partial charge is 0.281 e. The van der Waals surface area contributed by atoms with Crippen LogP contribution in [0.1, 0.15) is 103 Å². The summed E-state index contributed by atoms with van der Waals surface area (Å²) in [6.45, 7) is 0. The summed E-state index contributed by atoms with van der Waals surface area (Å²) >= 11 is 5.30. The Balaban J connectivity index is 1.69. The predicted octanol–water partition coefficient (Wildman–Crippen LogP) is 6.62. The number of carbonyl (C=O) groups excluding carboxylic acids is 1. The van der Waals surface area contributed by atoms with Gasteiger partial charge in [-0.1, -0.05) is 89.9 Å². The van der Waals surface area contributed by atoms with E-state index in [2.05, 4.69) is 0 Å². The Labute approximate surface area is 130 Å². The van der Waals surface area contributed by atoms with Crippen molar-refractivity contribution < 1.29 is 4.79 Å². The maximum atomic E-state index is 10.6. The highest BCUT2D eigenvalue weighted by Crippen LogP contribution is 2.29. The van der Waals surface area contributed by atoms with E-state index in [-0.39, 0.29) is 5.24 Å².